The van der Waals surface area contributed by atoms with E-state index in [1.807, 2.05) is 42.5 Å². The third-order valence-corrected chi connectivity index (χ3v) is 9.72. The van der Waals surface area contributed by atoms with Crippen molar-refractivity contribution < 1.29 is 9.90 Å². The van der Waals surface area contributed by atoms with Crippen molar-refractivity contribution in [3.8, 4) is 0 Å². The average Bonchev–Trinajstić information content (AvgIpc) is 2.62. The Bertz CT molecular complexity index is 638. The topological polar surface area (TPSA) is 40.5 Å². The van der Waals surface area contributed by atoms with Gasteiger partial charge in [-0.25, -0.2) is 0 Å². The van der Waals surface area contributed by atoms with Gasteiger partial charge in [0, 0.05) is 0 Å². The molecule has 2 nitrogen and oxygen atoms in total. The Hall–Kier alpha value is -1.68. The molecule has 25 heavy (non-hydrogen) atoms. The van der Waals surface area contributed by atoms with Crippen molar-refractivity contribution in [1.82, 2.24) is 0 Å². The van der Waals surface area contributed by atoms with Crippen LogP contribution in [0.25, 0.3) is 0 Å². The first-order valence-corrected chi connectivity index (χ1v) is 11.0. The highest BCUT2D eigenvalue weighted by Crippen LogP contribution is 2.40. The monoisotopic (exact) mass is 354 g/mol. The molecular weight excluding hydrogens is 324 g/mol. The quantitative estimate of drug-likeness (QED) is 0.561. The fraction of sp³-hybridized carbons (Fsp3) is 0.364. The minimum Gasteiger partial charge on any atom is -0.424 e. The summed E-state index contributed by atoms with van der Waals surface area (Å²) in [6.07, 6.45) is 4.77. The van der Waals surface area contributed by atoms with Gasteiger partial charge in [-0.15, -0.1) is 0 Å². The lowest BCUT2D eigenvalue weighted by Crippen LogP contribution is -2.65. The summed E-state index contributed by atoms with van der Waals surface area (Å²) in [5.41, 5.74) is 1.21. The third kappa shape index (κ3) is 4.49. The Morgan fingerprint density at radius 3 is 1.88 bits per heavy atom. The van der Waals surface area contributed by atoms with E-state index in [0.717, 1.165) is 29.6 Å². The van der Waals surface area contributed by atoms with Gasteiger partial charge in [0.1, 0.15) is 0 Å². The SMILES string of the molecule is C/C(=C\CO)CCCC(C)(C)[Si](O)(c1ccccc1)c1ccccc1. The number of aliphatic hydroxyl groups excluding tert-OH is 1. The van der Waals surface area contributed by atoms with Gasteiger partial charge in [0.05, 0.1) is 6.61 Å². The second-order valence-electron chi connectivity index (χ2n) is 7.41. The summed E-state index contributed by atoms with van der Waals surface area (Å²) in [6, 6.07) is 20.3. The molecule has 0 aliphatic heterocycles. The van der Waals surface area contributed by atoms with E-state index in [0.29, 0.717) is 0 Å². The first-order chi connectivity index (χ1) is 11.9. The van der Waals surface area contributed by atoms with E-state index in [9.17, 15) is 4.80 Å². The molecule has 2 aromatic carbocycles. The van der Waals surface area contributed by atoms with Gasteiger partial charge < -0.3 is 9.90 Å². The van der Waals surface area contributed by atoms with Gasteiger partial charge >= 0.3 is 0 Å². The maximum Gasteiger partial charge on any atom is 0.258 e. The van der Waals surface area contributed by atoms with Crippen LogP contribution in [0.5, 0.6) is 0 Å². The minimum absolute atomic E-state index is 0.0992. The summed E-state index contributed by atoms with van der Waals surface area (Å²) in [5, 5.41) is 10.9. The van der Waals surface area contributed by atoms with Crippen LogP contribution in [0.2, 0.25) is 5.04 Å². The average molecular weight is 355 g/mol. The summed E-state index contributed by atoms with van der Waals surface area (Å²) >= 11 is 0. The molecule has 2 aromatic rings. The van der Waals surface area contributed by atoms with Gasteiger partial charge in [-0.1, -0.05) is 86.2 Å². The molecule has 0 fully saturated rings. The molecule has 0 heterocycles. The smallest absolute Gasteiger partial charge is 0.258 e. The molecule has 0 bridgehead atoms. The molecule has 0 spiro atoms. The van der Waals surface area contributed by atoms with Crippen molar-refractivity contribution in [2.45, 2.75) is 45.1 Å². The summed E-state index contributed by atoms with van der Waals surface area (Å²) < 4.78 is 0. The van der Waals surface area contributed by atoms with Gasteiger partial charge in [-0.3, -0.25) is 0 Å². The summed E-state index contributed by atoms with van der Waals surface area (Å²) in [6.45, 7) is 6.55. The van der Waals surface area contributed by atoms with Crippen molar-refractivity contribution in [1.29, 1.82) is 0 Å². The van der Waals surface area contributed by atoms with Crippen LogP contribution in [-0.2, 0) is 0 Å². The zero-order valence-corrected chi connectivity index (χ0v) is 16.6. The van der Waals surface area contributed by atoms with Crippen LogP contribution in [0.3, 0.4) is 0 Å². The highest BCUT2D eigenvalue weighted by Gasteiger charge is 2.49. The molecule has 0 amide bonds. The van der Waals surface area contributed by atoms with Crippen LogP contribution < -0.4 is 10.4 Å². The highest BCUT2D eigenvalue weighted by atomic mass is 28.4. The molecule has 3 heteroatoms. The Balaban J connectivity index is 2.33. The maximum atomic E-state index is 12.0. The van der Waals surface area contributed by atoms with Crippen molar-refractivity contribution >= 4 is 18.7 Å². The van der Waals surface area contributed by atoms with E-state index in [1.165, 1.54) is 5.57 Å². The van der Waals surface area contributed by atoms with Crippen LogP contribution in [0.15, 0.2) is 72.3 Å². The molecule has 0 saturated carbocycles. The molecule has 0 radical (unpaired) electrons. The zero-order valence-electron chi connectivity index (χ0n) is 15.6. The lowest BCUT2D eigenvalue weighted by molar-refractivity contribution is 0.341. The number of hydrogen-bond acceptors (Lipinski definition) is 2. The number of benzene rings is 2. The van der Waals surface area contributed by atoms with E-state index in [4.69, 9.17) is 5.11 Å². The Morgan fingerprint density at radius 2 is 1.44 bits per heavy atom. The van der Waals surface area contributed by atoms with E-state index >= 15 is 0 Å². The van der Waals surface area contributed by atoms with E-state index < -0.39 is 8.32 Å². The number of aliphatic hydroxyl groups is 1. The Kier molecular flexibility index (Phi) is 6.76. The summed E-state index contributed by atoms with van der Waals surface area (Å²) in [5.74, 6) is 0. The lowest BCUT2D eigenvalue weighted by Gasteiger charge is -2.41. The summed E-state index contributed by atoms with van der Waals surface area (Å²) in [4.78, 5) is 12.0. The van der Waals surface area contributed by atoms with Crippen molar-refractivity contribution in [3.63, 3.8) is 0 Å². The molecule has 0 atom stereocenters. The van der Waals surface area contributed by atoms with Crippen molar-refractivity contribution in [2.75, 3.05) is 6.61 Å². The highest BCUT2D eigenvalue weighted by molar-refractivity contribution is 6.98. The number of rotatable bonds is 8. The molecule has 0 aromatic heterocycles. The minimum atomic E-state index is -2.89. The largest absolute Gasteiger partial charge is 0.424 e. The van der Waals surface area contributed by atoms with Crippen LogP contribution in [-0.4, -0.2) is 24.8 Å². The number of allylic oxidation sites excluding steroid dienone is 1. The molecule has 0 aliphatic rings. The Labute approximate surface area is 153 Å². The van der Waals surface area contributed by atoms with Crippen molar-refractivity contribution in [3.05, 3.63) is 72.3 Å². The Morgan fingerprint density at radius 1 is 0.960 bits per heavy atom. The molecule has 134 valence electrons. The van der Waals surface area contributed by atoms with Crippen LogP contribution in [0.4, 0.5) is 0 Å². The predicted octanol–water partition coefficient (Wildman–Crippen LogP) is 3.63. The first kappa shape index (κ1) is 19.6. The van der Waals surface area contributed by atoms with Gasteiger partial charge in [0.25, 0.3) is 8.32 Å². The number of hydrogen-bond donors (Lipinski definition) is 2. The third-order valence-electron chi connectivity index (χ3n) is 5.18. The van der Waals surface area contributed by atoms with E-state index in [-0.39, 0.29) is 11.6 Å². The van der Waals surface area contributed by atoms with E-state index in [2.05, 4.69) is 45.0 Å². The van der Waals surface area contributed by atoms with Gasteiger partial charge in [-0.05, 0) is 41.6 Å². The molecule has 0 unspecified atom stereocenters. The maximum absolute atomic E-state index is 12.0. The summed E-state index contributed by atoms with van der Waals surface area (Å²) in [7, 11) is -2.89. The van der Waals surface area contributed by atoms with Gasteiger partial charge in [-0.2, -0.15) is 0 Å². The lowest BCUT2D eigenvalue weighted by atomic mass is 10.0. The molecule has 2 N–H and O–H groups in total. The first-order valence-electron chi connectivity index (χ1n) is 9.02. The predicted molar refractivity (Wildman–Crippen MR) is 109 cm³/mol. The zero-order chi connectivity index (χ0) is 18.3. The fourth-order valence-electron chi connectivity index (χ4n) is 3.55. The molecule has 0 aliphatic carbocycles. The molecule has 2 rings (SSSR count). The molecular formula is C22H30O2Si. The van der Waals surface area contributed by atoms with Gasteiger partial charge in [0.15, 0.2) is 0 Å². The second-order valence-corrected chi connectivity index (χ2v) is 11.3. The normalized spacial score (nSPS) is 13.1. The van der Waals surface area contributed by atoms with Crippen LogP contribution in [0.1, 0.15) is 40.0 Å². The van der Waals surface area contributed by atoms with Gasteiger partial charge in [0.2, 0.25) is 0 Å². The van der Waals surface area contributed by atoms with Crippen molar-refractivity contribution in [2.24, 2.45) is 0 Å². The van der Waals surface area contributed by atoms with Crippen LogP contribution >= 0.6 is 0 Å². The van der Waals surface area contributed by atoms with E-state index in [1.54, 1.807) is 0 Å². The second kappa shape index (κ2) is 8.61. The fourth-order valence-corrected chi connectivity index (χ4v) is 7.34. The van der Waals surface area contributed by atoms with Crippen LogP contribution in [0, 0.1) is 0 Å². The molecule has 0 saturated heterocycles. The standard InChI is InChI=1S/C22H30O2Si/c1-19(16-18-23)11-10-17-22(2,3)25(24,20-12-6-4-7-13-20)21-14-8-5-9-15-21/h4-9,12-16,23-24H,10-11,17-18H2,1-3H3/b19-16+.